The van der Waals surface area contributed by atoms with Crippen LogP contribution in [0.4, 0.5) is 10.1 Å². The normalized spacial score (nSPS) is 12.4. The average molecular weight is 316 g/mol. The van der Waals surface area contributed by atoms with Gasteiger partial charge in [-0.15, -0.1) is 11.3 Å². The summed E-state index contributed by atoms with van der Waals surface area (Å²) in [6.45, 7) is -0.0821. The third-order valence-corrected chi connectivity index (χ3v) is 4.06. The molecule has 0 aliphatic carbocycles. The largest absolute Gasteiger partial charge is 0.394 e. The second-order valence-electron chi connectivity index (χ2n) is 3.50. The first kappa shape index (κ1) is 12.5. The number of aliphatic hydroxyl groups is 1. The lowest BCUT2D eigenvalue weighted by atomic mass is 10.2. The minimum atomic E-state index is -0.318. The van der Waals surface area contributed by atoms with E-state index < -0.39 is 0 Å². The molecule has 5 heteroatoms. The number of halogens is 2. The zero-order valence-corrected chi connectivity index (χ0v) is 11.3. The fourth-order valence-electron chi connectivity index (χ4n) is 1.49. The van der Waals surface area contributed by atoms with Crippen molar-refractivity contribution in [2.75, 3.05) is 11.9 Å². The highest BCUT2D eigenvalue weighted by Gasteiger charge is 2.14. The Morgan fingerprint density at radius 3 is 2.65 bits per heavy atom. The van der Waals surface area contributed by atoms with Gasteiger partial charge in [0.15, 0.2) is 0 Å². The number of thiophene rings is 1. The Balaban J connectivity index is 2.18. The third kappa shape index (κ3) is 3.06. The molecule has 1 heterocycles. The lowest BCUT2D eigenvalue weighted by Gasteiger charge is -2.16. The monoisotopic (exact) mass is 315 g/mol. The van der Waals surface area contributed by atoms with Crippen molar-refractivity contribution in [1.29, 1.82) is 0 Å². The summed E-state index contributed by atoms with van der Waals surface area (Å²) in [5, 5.41) is 12.3. The Bertz CT molecular complexity index is 503. The number of rotatable bonds is 4. The van der Waals surface area contributed by atoms with Gasteiger partial charge >= 0.3 is 0 Å². The molecule has 2 rings (SSSR count). The Labute approximate surface area is 111 Å². The minimum absolute atomic E-state index is 0.0821. The molecule has 0 saturated heterocycles. The number of hydrogen-bond acceptors (Lipinski definition) is 3. The van der Waals surface area contributed by atoms with Crippen LogP contribution in [0.3, 0.4) is 0 Å². The number of benzene rings is 1. The molecule has 2 nitrogen and oxygen atoms in total. The summed E-state index contributed by atoms with van der Waals surface area (Å²) < 4.78 is 14.4. The number of anilines is 1. The molecule has 90 valence electrons. The number of aliphatic hydroxyl groups excluding tert-OH is 1. The molecular weight excluding hydrogens is 305 g/mol. The zero-order chi connectivity index (χ0) is 12.3. The van der Waals surface area contributed by atoms with Crippen LogP contribution in [0, 0.1) is 5.82 Å². The van der Waals surface area contributed by atoms with Gasteiger partial charge in [-0.1, -0.05) is 12.1 Å². The van der Waals surface area contributed by atoms with Crippen LogP contribution in [0.15, 0.2) is 40.2 Å². The second kappa shape index (κ2) is 5.62. The van der Waals surface area contributed by atoms with E-state index in [-0.39, 0.29) is 18.5 Å². The molecule has 0 aliphatic heterocycles. The Morgan fingerprint density at radius 1 is 1.29 bits per heavy atom. The van der Waals surface area contributed by atoms with Crippen LogP contribution < -0.4 is 5.32 Å². The molecule has 1 atom stereocenters. The summed E-state index contributed by atoms with van der Waals surface area (Å²) >= 11 is 4.88. The average Bonchev–Trinajstić information content (AvgIpc) is 2.75. The van der Waals surface area contributed by atoms with E-state index in [1.54, 1.807) is 18.2 Å². The van der Waals surface area contributed by atoms with Crippen molar-refractivity contribution in [2.24, 2.45) is 0 Å². The van der Waals surface area contributed by atoms with Gasteiger partial charge in [-0.25, -0.2) is 4.39 Å². The SMILES string of the molecule is OCC(Nc1ccccc1F)c1ccc(Br)s1. The molecule has 0 bridgehead atoms. The van der Waals surface area contributed by atoms with Crippen LogP contribution in [-0.2, 0) is 0 Å². The lowest BCUT2D eigenvalue weighted by molar-refractivity contribution is 0.277. The van der Waals surface area contributed by atoms with Crippen LogP contribution in [0.5, 0.6) is 0 Å². The van der Waals surface area contributed by atoms with E-state index in [0.29, 0.717) is 5.69 Å². The quantitative estimate of drug-likeness (QED) is 0.899. The second-order valence-corrected chi connectivity index (χ2v) is 6.00. The van der Waals surface area contributed by atoms with E-state index >= 15 is 0 Å². The van der Waals surface area contributed by atoms with Gasteiger partial charge in [-0.2, -0.15) is 0 Å². The standard InChI is InChI=1S/C12H11BrFNOS/c13-12-6-5-11(17-12)10(7-16)15-9-4-2-1-3-8(9)14/h1-6,10,15-16H,7H2. The molecule has 17 heavy (non-hydrogen) atoms. The van der Waals surface area contributed by atoms with E-state index in [2.05, 4.69) is 21.2 Å². The van der Waals surface area contributed by atoms with Crippen LogP contribution in [0.25, 0.3) is 0 Å². The van der Waals surface area contributed by atoms with Crippen LogP contribution >= 0.6 is 27.3 Å². The summed E-state index contributed by atoms with van der Waals surface area (Å²) in [6.07, 6.45) is 0. The van der Waals surface area contributed by atoms with Crippen molar-refractivity contribution in [3.8, 4) is 0 Å². The predicted molar refractivity (Wildman–Crippen MR) is 71.9 cm³/mol. The highest BCUT2D eigenvalue weighted by molar-refractivity contribution is 9.11. The molecule has 2 aromatic rings. The van der Waals surface area contributed by atoms with Crippen molar-refractivity contribution in [1.82, 2.24) is 0 Å². The van der Waals surface area contributed by atoms with Gasteiger partial charge in [-0.05, 0) is 40.2 Å². The van der Waals surface area contributed by atoms with Crippen LogP contribution in [0.2, 0.25) is 0 Å². The topological polar surface area (TPSA) is 32.3 Å². The fourth-order valence-corrected chi connectivity index (χ4v) is 2.95. The Morgan fingerprint density at radius 2 is 2.06 bits per heavy atom. The molecule has 0 radical (unpaired) electrons. The van der Waals surface area contributed by atoms with Gasteiger partial charge in [-0.3, -0.25) is 0 Å². The first-order chi connectivity index (χ1) is 8.20. The molecule has 0 aliphatic rings. The van der Waals surface area contributed by atoms with Gasteiger partial charge in [0.2, 0.25) is 0 Å². The first-order valence-corrected chi connectivity index (χ1v) is 6.69. The first-order valence-electron chi connectivity index (χ1n) is 5.08. The van der Waals surface area contributed by atoms with Crippen molar-refractivity contribution in [2.45, 2.75) is 6.04 Å². The number of para-hydroxylation sites is 1. The molecule has 1 aromatic carbocycles. The van der Waals surface area contributed by atoms with E-state index in [1.807, 2.05) is 12.1 Å². The third-order valence-electron chi connectivity index (χ3n) is 2.32. The van der Waals surface area contributed by atoms with E-state index in [9.17, 15) is 9.50 Å². The number of nitrogens with one attached hydrogen (secondary N) is 1. The van der Waals surface area contributed by atoms with Gasteiger partial charge in [0, 0.05) is 4.88 Å². The predicted octanol–water partition coefficient (Wildman–Crippen LogP) is 3.80. The van der Waals surface area contributed by atoms with Crippen LogP contribution in [-0.4, -0.2) is 11.7 Å². The molecule has 2 N–H and O–H groups in total. The van der Waals surface area contributed by atoms with E-state index in [0.717, 1.165) is 8.66 Å². The van der Waals surface area contributed by atoms with E-state index in [1.165, 1.54) is 17.4 Å². The lowest BCUT2D eigenvalue weighted by Crippen LogP contribution is -2.14. The molecule has 0 saturated carbocycles. The maximum Gasteiger partial charge on any atom is 0.146 e. The zero-order valence-electron chi connectivity index (χ0n) is 8.86. The van der Waals surface area contributed by atoms with Gasteiger partial charge in [0.25, 0.3) is 0 Å². The smallest absolute Gasteiger partial charge is 0.146 e. The van der Waals surface area contributed by atoms with Gasteiger partial charge in [0.1, 0.15) is 5.82 Å². The van der Waals surface area contributed by atoms with Crippen molar-refractivity contribution in [3.05, 3.63) is 50.9 Å². The number of hydrogen-bond donors (Lipinski definition) is 2. The maximum atomic E-state index is 13.5. The molecule has 1 aromatic heterocycles. The minimum Gasteiger partial charge on any atom is -0.394 e. The molecule has 0 spiro atoms. The maximum absolute atomic E-state index is 13.5. The van der Waals surface area contributed by atoms with Gasteiger partial charge < -0.3 is 10.4 Å². The molecule has 0 amide bonds. The van der Waals surface area contributed by atoms with Crippen molar-refractivity contribution >= 4 is 33.0 Å². The Hall–Kier alpha value is -0.910. The summed E-state index contributed by atoms with van der Waals surface area (Å²) in [5.74, 6) is -0.318. The highest BCUT2D eigenvalue weighted by Crippen LogP contribution is 2.29. The fraction of sp³-hybridized carbons (Fsp3) is 0.167. The summed E-state index contributed by atoms with van der Waals surface area (Å²) in [7, 11) is 0. The Kier molecular flexibility index (Phi) is 4.15. The van der Waals surface area contributed by atoms with E-state index in [4.69, 9.17) is 0 Å². The molecular formula is C12H11BrFNOS. The summed E-state index contributed by atoms with van der Waals surface area (Å²) in [5.41, 5.74) is 0.399. The molecule has 0 fully saturated rings. The summed E-state index contributed by atoms with van der Waals surface area (Å²) in [4.78, 5) is 0.961. The van der Waals surface area contributed by atoms with Crippen molar-refractivity contribution < 1.29 is 9.50 Å². The highest BCUT2D eigenvalue weighted by atomic mass is 79.9. The van der Waals surface area contributed by atoms with Crippen molar-refractivity contribution in [3.63, 3.8) is 0 Å². The summed E-state index contributed by atoms with van der Waals surface area (Å²) in [6, 6.07) is 9.96. The van der Waals surface area contributed by atoms with Gasteiger partial charge in [0.05, 0.1) is 22.1 Å². The molecule has 1 unspecified atom stereocenters. The van der Waals surface area contributed by atoms with Crippen LogP contribution in [0.1, 0.15) is 10.9 Å².